The fourth-order valence-electron chi connectivity index (χ4n) is 3.12. The van der Waals surface area contributed by atoms with E-state index >= 15 is 0 Å². The molecule has 150 valence electrons. The average Bonchev–Trinajstić information content (AvgIpc) is 2.97. The summed E-state index contributed by atoms with van der Waals surface area (Å²) >= 11 is 6.40. The third-order valence-electron chi connectivity index (χ3n) is 4.62. The minimum Gasteiger partial charge on any atom is -0.343 e. The number of carbonyl (C=O) groups excluding carboxylic acids is 2. The fraction of sp³-hybridized carbons (Fsp3) is 0.227. The summed E-state index contributed by atoms with van der Waals surface area (Å²) in [6, 6.07) is 15.5. The van der Waals surface area contributed by atoms with Crippen LogP contribution in [0.1, 0.15) is 32.7 Å². The van der Waals surface area contributed by atoms with E-state index < -0.39 is 5.91 Å². The fourth-order valence-corrected chi connectivity index (χ4v) is 3.44. The molecule has 2 amide bonds. The van der Waals surface area contributed by atoms with E-state index in [2.05, 4.69) is 15.7 Å². The lowest BCUT2D eigenvalue weighted by Gasteiger charge is -2.12. The number of rotatable bonds is 6. The Hall–Kier alpha value is -3.12. The molecule has 0 bridgehead atoms. The average molecular weight is 411 g/mol. The summed E-state index contributed by atoms with van der Waals surface area (Å²) in [6.07, 6.45) is 0. The van der Waals surface area contributed by atoms with Crippen molar-refractivity contribution in [1.29, 1.82) is 0 Å². The van der Waals surface area contributed by atoms with E-state index in [4.69, 9.17) is 11.6 Å². The van der Waals surface area contributed by atoms with Crippen molar-refractivity contribution in [2.24, 2.45) is 0 Å². The summed E-state index contributed by atoms with van der Waals surface area (Å²) in [5, 5.41) is 10.1. The van der Waals surface area contributed by atoms with E-state index in [0.717, 1.165) is 22.4 Å². The van der Waals surface area contributed by atoms with Crippen LogP contribution in [0.5, 0.6) is 0 Å². The van der Waals surface area contributed by atoms with Crippen molar-refractivity contribution in [2.75, 3.05) is 11.9 Å². The van der Waals surface area contributed by atoms with Crippen molar-refractivity contribution in [3.05, 3.63) is 81.6 Å². The third kappa shape index (κ3) is 4.84. The highest BCUT2D eigenvalue weighted by Gasteiger charge is 2.21. The number of anilines is 1. The number of para-hydroxylation sites is 1. The SMILES string of the molecule is Cc1cccc(C)c1NC(=O)CNC(=O)c1c(C)nn(Cc2ccccc2)c1Cl. The van der Waals surface area contributed by atoms with E-state index in [-0.39, 0.29) is 23.2 Å². The number of nitrogens with one attached hydrogen (secondary N) is 2. The van der Waals surface area contributed by atoms with Crippen molar-refractivity contribution >= 4 is 29.1 Å². The summed E-state index contributed by atoms with van der Waals surface area (Å²) in [5.74, 6) is -0.732. The molecular formula is C22H23ClN4O2. The Morgan fingerprint density at radius 2 is 1.66 bits per heavy atom. The summed E-state index contributed by atoms with van der Waals surface area (Å²) in [7, 11) is 0. The lowest BCUT2D eigenvalue weighted by molar-refractivity contribution is -0.115. The van der Waals surface area contributed by atoms with Crippen molar-refractivity contribution < 1.29 is 9.59 Å². The van der Waals surface area contributed by atoms with Crippen LogP contribution in [0.25, 0.3) is 0 Å². The van der Waals surface area contributed by atoms with Gasteiger partial charge in [-0.15, -0.1) is 0 Å². The maximum Gasteiger partial charge on any atom is 0.256 e. The van der Waals surface area contributed by atoms with E-state index in [0.29, 0.717) is 12.2 Å². The third-order valence-corrected chi connectivity index (χ3v) is 5.01. The Morgan fingerprint density at radius 3 is 2.31 bits per heavy atom. The van der Waals surface area contributed by atoms with Crippen LogP contribution in [0.2, 0.25) is 5.15 Å². The largest absolute Gasteiger partial charge is 0.343 e. The zero-order valence-electron chi connectivity index (χ0n) is 16.6. The standard InChI is InChI=1S/C22H23ClN4O2/c1-14-8-7-9-15(2)20(14)25-18(28)12-24-22(29)19-16(3)26-27(21(19)23)13-17-10-5-4-6-11-17/h4-11H,12-13H2,1-3H3,(H,24,29)(H,25,28). The number of aryl methyl sites for hydroxylation is 3. The van der Waals surface area contributed by atoms with Gasteiger partial charge in [0.25, 0.3) is 5.91 Å². The topological polar surface area (TPSA) is 76.0 Å². The van der Waals surface area contributed by atoms with Gasteiger partial charge in [-0.1, -0.05) is 60.1 Å². The van der Waals surface area contributed by atoms with Crippen molar-refractivity contribution in [1.82, 2.24) is 15.1 Å². The zero-order valence-corrected chi connectivity index (χ0v) is 17.4. The Labute approximate surface area is 174 Å². The molecule has 2 N–H and O–H groups in total. The molecular weight excluding hydrogens is 388 g/mol. The number of nitrogens with zero attached hydrogens (tertiary/aromatic N) is 2. The Balaban J connectivity index is 1.66. The molecule has 1 aromatic heterocycles. The molecule has 0 aliphatic carbocycles. The maximum absolute atomic E-state index is 12.6. The second-order valence-electron chi connectivity index (χ2n) is 6.89. The maximum atomic E-state index is 12.6. The molecule has 0 aliphatic heterocycles. The normalized spacial score (nSPS) is 10.6. The van der Waals surface area contributed by atoms with Gasteiger partial charge in [-0.2, -0.15) is 5.10 Å². The number of aromatic nitrogens is 2. The Kier molecular flexibility index (Phi) is 6.34. The molecule has 0 atom stereocenters. The number of amides is 2. The predicted molar refractivity (Wildman–Crippen MR) is 114 cm³/mol. The lowest BCUT2D eigenvalue weighted by atomic mass is 10.1. The van der Waals surface area contributed by atoms with Crippen molar-refractivity contribution in [2.45, 2.75) is 27.3 Å². The molecule has 0 fully saturated rings. The van der Waals surface area contributed by atoms with Crippen LogP contribution in [0, 0.1) is 20.8 Å². The van der Waals surface area contributed by atoms with Crippen LogP contribution in [-0.2, 0) is 11.3 Å². The molecule has 3 rings (SSSR count). The predicted octanol–water partition coefficient (Wildman–Crippen LogP) is 3.88. The van der Waals surface area contributed by atoms with Crippen LogP contribution >= 0.6 is 11.6 Å². The highest BCUT2D eigenvalue weighted by atomic mass is 35.5. The van der Waals surface area contributed by atoms with Crippen molar-refractivity contribution in [3.63, 3.8) is 0 Å². The van der Waals surface area contributed by atoms with Crippen LogP contribution in [0.4, 0.5) is 5.69 Å². The molecule has 0 spiro atoms. The smallest absolute Gasteiger partial charge is 0.256 e. The first-order valence-electron chi connectivity index (χ1n) is 9.28. The molecule has 3 aromatic rings. The molecule has 0 saturated heterocycles. The van der Waals surface area contributed by atoms with Gasteiger partial charge >= 0.3 is 0 Å². The minimum absolute atomic E-state index is 0.160. The molecule has 6 nitrogen and oxygen atoms in total. The van der Waals surface area contributed by atoms with Gasteiger partial charge in [0, 0.05) is 5.69 Å². The number of halogens is 1. The van der Waals surface area contributed by atoms with E-state index in [1.54, 1.807) is 11.6 Å². The number of carbonyl (C=O) groups is 2. The molecule has 29 heavy (non-hydrogen) atoms. The lowest BCUT2D eigenvalue weighted by Crippen LogP contribution is -2.33. The second-order valence-corrected chi connectivity index (χ2v) is 7.25. The van der Waals surface area contributed by atoms with Crippen LogP contribution in [-0.4, -0.2) is 28.1 Å². The summed E-state index contributed by atoms with van der Waals surface area (Å²) in [5.41, 5.74) is 4.51. The first-order chi connectivity index (χ1) is 13.9. The number of hydrogen-bond acceptors (Lipinski definition) is 3. The monoisotopic (exact) mass is 410 g/mol. The zero-order chi connectivity index (χ0) is 21.0. The highest BCUT2D eigenvalue weighted by molar-refractivity contribution is 6.33. The Bertz CT molecular complexity index is 1020. The van der Waals surface area contributed by atoms with Gasteiger partial charge in [0.1, 0.15) is 5.15 Å². The Morgan fingerprint density at radius 1 is 1.00 bits per heavy atom. The molecule has 0 radical (unpaired) electrons. The van der Waals surface area contributed by atoms with Gasteiger partial charge in [-0.05, 0) is 37.5 Å². The summed E-state index contributed by atoms with van der Waals surface area (Å²) in [6.45, 7) is 5.86. The highest BCUT2D eigenvalue weighted by Crippen LogP contribution is 2.21. The van der Waals surface area contributed by atoms with Gasteiger partial charge in [-0.3, -0.25) is 9.59 Å². The first kappa shape index (κ1) is 20.6. The van der Waals surface area contributed by atoms with E-state index in [9.17, 15) is 9.59 Å². The van der Waals surface area contributed by atoms with E-state index in [1.807, 2.05) is 62.4 Å². The molecule has 0 unspecified atom stereocenters. The molecule has 2 aromatic carbocycles. The van der Waals surface area contributed by atoms with Gasteiger partial charge in [-0.25, -0.2) is 4.68 Å². The number of benzene rings is 2. The molecule has 0 saturated carbocycles. The molecule has 1 heterocycles. The van der Waals surface area contributed by atoms with Crippen molar-refractivity contribution in [3.8, 4) is 0 Å². The van der Waals surface area contributed by atoms with Crippen LogP contribution in [0.3, 0.4) is 0 Å². The van der Waals surface area contributed by atoms with E-state index in [1.165, 1.54) is 0 Å². The van der Waals surface area contributed by atoms with Gasteiger partial charge < -0.3 is 10.6 Å². The number of hydrogen-bond donors (Lipinski definition) is 2. The van der Waals surface area contributed by atoms with Crippen LogP contribution < -0.4 is 10.6 Å². The van der Waals surface area contributed by atoms with Gasteiger partial charge in [0.2, 0.25) is 5.91 Å². The second kappa shape index (κ2) is 8.92. The molecule has 0 aliphatic rings. The summed E-state index contributed by atoms with van der Waals surface area (Å²) < 4.78 is 1.58. The van der Waals surface area contributed by atoms with Gasteiger partial charge in [0.15, 0.2) is 0 Å². The van der Waals surface area contributed by atoms with Crippen LogP contribution in [0.15, 0.2) is 48.5 Å². The quantitative estimate of drug-likeness (QED) is 0.647. The van der Waals surface area contributed by atoms with Gasteiger partial charge in [0.05, 0.1) is 24.3 Å². The summed E-state index contributed by atoms with van der Waals surface area (Å²) in [4.78, 5) is 24.9. The molecule has 7 heteroatoms. The minimum atomic E-state index is -0.427. The first-order valence-corrected chi connectivity index (χ1v) is 9.65.